The topological polar surface area (TPSA) is 46.5 Å². The van der Waals surface area contributed by atoms with Crippen LogP contribution in [0.25, 0.3) is 0 Å². The molecule has 1 rings (SSSR count). The molecule has 0 fully saturated rings. The number of ether oxygens (including phenoxy) is 1. The molecule has 0 saturated carbocycles. The number of hydrogen-bond donors (Lipinski definition) is 1. The van der Waals surface area contributed by atoms with Crippen LogP contribution in [0.4, 0.5) is 0 Å². The summed E-state index contributed by atoms with van der Waals surface area (Å²) in [5.74, 6) is -0.658. The zero-order chi connectivity index (χ0) is 12.1. The van der Waals surface area contributed by atoms with Crippen molar-refractivity contribution in [2.24, 2.45) is 0 Å². The highest BCUT2D eigenvalue weighted by molar-refractivity contribution is 6.39. The van der Waals surface area contributed by atoms with E-state index in [0.29, 0.717) is 0 Å². The van der Waals surface area contributed by atoms with Crippen molar-refractivity contribution in [2.75, 3.05) is 13.2 Å². The van der Waals surface area contributed by atoms with Crippen LogP contribution in [0.1, 0.15) is 10.4 Å². The molecular formula is C10H9Cl3O3. The number of aliphatic hydroxyl groups excluding tert-OH is 1. The Kier molecular flexibility index (Phi) is 5.35. The standard InChI is InChI=1S/C10H9Cl3O3/c11-6(4-14)5-16-10(15)9-7(12)2-1-3-8(9)13/h1-3,6,14H,4-5H2. The molecule has 1 aromatic rings. The summed E-state index contributed by atoms with van der Waals surface area (Å²) in [6.45, 7) is -0.371. The molecule has 0 spiro atoms. The lowest BCUT2D eigenvalue weighted by Gasteiger charge is -2.09. The quantitative estimate of drug-likeness (QED) is 0.683. The van der Waals surface area contributed by atoms with E-state index in [0.717, 1.165) is 0 Å². The van der Waals surface area contributed by atoms with Gasteiger partial charge in [-0.15, -0.1) is 11.6 Å². The Morgan fingerprint density at radius 3 is 2.44 bits per heavy atom. The molecule has 0 bridgehead atoms. The predicted octanol–water partition coefficient (Wildman–Crippen LogP) is 2.75. The van der Waals surface area contributed by atoms with Crippen molar-refractivity contribution in [1.29, 1.82) is 0 Å². The number of carbonyl (C=O) groups is 1. The molecule has 1 unspecified atom stereocenters. The zero-order valence-corrected chi connectivity index (χ0v) is 10.4. The summed E-state index contributed by atoms with van der Waals surface area (Å²) >= 11 is 17.2. The van der Waals surface area contributed by atoms with E-state index in [1.54, 1.807) is 6.07 Å². The second-order valence-electron chi connectivity index (χ2n) is 2.97. The molecule has 0 saturated heterocycles. The first-order valence-electron chi connectivity index (χ1n) is 4.42. The van der Waals surface area contributed by atoms with E-state index in [4.69, 9.17) is 44.6 Å². The molecule has 0 aliphatic heterocycles. The Bertz CT molecular complexity index is 361. The lowest BCUT2D eigenvalue weighted by atomic mass is 10.2. The SMILES string of the molecule is O=C(OCC(Cl)CO)c1c(Cl)cccc1Cl. The first-order chi connectivity index (χ1) is 7.56. The van der Waals surface area contributed by atoms with Crippen LogP contribution >= 0.6 is 34.8 Å². The Hall–Kier alpha value is -0.480. The normalized spacial score (nSPS) is 12.2. The summed E-state index contributed by atoms with van der Waals surface area (Å²) in [6.07, 6.45) is 0. The van der Waals surface area contributed by atoms with E-state index in [2.05, 4.69) is 0 Å². The van der Waals surface area contributed by atoms with Gasteiger partial charge in [-0.1, -0.05) is 29.3 Å². The first-order valence-corrected chi connectivity index (χ1v) is 5.61. The summed E-state index contributed by atoms with van der Waals surface area (Å²) in [4.78, 5) is 11.6. The maximum atomic E-state index is 11.6. The van der Waals surface area contributed by atoms with Gasteiger partial charge in [-0.2, -0.15) is 0 Å². The van der Waals surface area contributed by atoms with Gasteiger partial charge in [0.25, 0.3) is 0 Å². The molecule has 0 amide bonds. The fourth-order valence-electron chi connectivity index (χ4n) is 0.984. The maximum Gasteiger partial charge on any atom is 0.341 e. The maximum absolute atomic E-state index is 11.6. The highest BCUT2D eigenvalue weighted by atomic mass is 35.5. The average Bonchev–Trinajstić information content (AvgIpc) is 2.25. The number of aliphatic hydroxyl groups is 1. The Morgan fingerprint density at radius 1 is 1.38 bits per heavy atom. The fraction of sp³-hybridized carbons (Fsp3) is 0.300. The third kappa shape index (κ3) is 3.52. The third-order valence-corrected chi connectivity index (χ3v) is 2.65. The van der Waals surface area contributed by atoms with Crippen molar-refractivity contribution in [2.45, 2.75) is 5.38 Å². The van der Waals surface area contributed by atoms with Crippen LogP contribution in [0.3, 0.4) is 0 Å². The van der Waals surface area contributed by atoms with Crippen molar-refractivity contribution in [3.05, 3.63) is 33.8 Å². The van der Waals surface area contributed by atoms with Crippen LogP contribution in [-0.2, 0) is 4.74 Å². The number of rotatable bonds is 4. The van der Waals surface area contributed by atoms with Crippen molar-refractivity contribution in [1.82, 2.24) is 0 Å². The van der Waals surface area contributed by atoms with E-state index in [1.807, 2.05) is 0 Å². The summed E-state index contributed by atoms with van der Waals surface area (Å²) in [5.41, 5.74) is 0.104. The lowest BCUT2D eigenvalue weighted by molar-refractivity contribution is 0.0487. The minimum atomic E-state index is -0.658. The van der Waals surface area contributed by atoms with Gasteiger partial charge in [0.15, 0.2) is 0 Å². The molecule has 16 heavy (non-hydrogen) atoms. The number of benzene rings is 1. The predicted molar refractivity (Wildman–Crippen MR) is 63.5 cm³/mol. The molecule has 0 heterocycles. The molecule has 1 atom stereocenters. The monoisotopic (exact) mass is 282 g/mol. The molecule has 6 heteroatoms. The number of carbonyl (C=O) groups excluding carboxylic acids is 1. The summed E-state index contributed by atoms with van der Waals surface area (Å²) < 4.78 is 4.84. The third-order valence-electron chi connectivity index (χ3n) is 1.76. The molecule has 1 N–H and O–H groups in total. The van der Waals surface area contributed by atoms with Crippen molar-refractivity contribution in [3.63, 3.8) is 0 Å². The Balaban J connectivity index is 2.73. The number of alkyl halides is 1. The van der Waals surface area contributed by atoms with E-state index < -0.39 is 11.3 Å². The Morgan fingerprint density at radius 2 is 1.94 bits per heavy atom. The summed E-state index contributed by atoms with van der Waals surface area (Å²) in [7, 11) is 0. The van der Waals surface area contributed by atoms with E-state index in [-0.39, 0.29) is 28.8 Å². The molecule has 88 valence electrons. The molecule has 3 nitrogen and oxygen atoms in total. The molecule has 0 aliphatic rings. The minimum absolute atomic E-state index is 0.0988. The zero-order valence-electron chi connectivity index (χ0n) is 8.12. The molecule has 1 aromatic carbocycles. The molecule has 0 radical (unpaired) electrons. The van der Waals surface area contributed by atoms with Crippen molar-refractivity contribution >= 4 is 40.8 Å². The van der Waals surface area contributed by atoms with Crippen molar-refractivity contribution < 1.29 is 14.6 Å². The van der Waals surface area contributed by atoms with Gasteiger partial charge in [-0.25, -0.2) is 4.79 Å². The number of halogens is 3. The Labute approximate surface area is 108 Å². The average molecular weight is 284 g/mol. The second-order valence-corrected chi connectivity index (χ2v) is 4.41. The first kappa shape index (κ1) is 13.6. The second kappa shape index (κ2) is 6.30. The van der Waals surface area contributed by atoms with Crippen LogP contribution in [0.15, 0.2) is 18.2 Å². The van der Waals surface area contributed by atoms with Gasteiger partial charge < -0.3 is 9.84 Å². The van der Waals surface area contributed by atoms with Gasteiger partial charge >= 0.3 is 5.97 Å². The van der Waals surface area contributed by atoms with Crippen molar-refractivity contribution in [3.8, 4) is 0 Å². The minimum Gasteiger partial charge on any atom is -0.460 e. The van der Waals surface area contributed by atoms with Gasteiger partial charge in [-0.3, -0.25) is 0 Å². The van der Waals surface area contributed by atoms with Crippen LogP contribution < -0.4 is 0 Å². The van der Waals surface area contributed by atoms with Gasteiger partial charge in [0.2, 0.25) is 0 Å². The smallest absolute Gasteiger partial charge is 0.341 e. The summed E-state index contributed by atoms with van der Waals surface area (Å²) in [6, 6.07) is 4.70. The fourth-order valence-corrected chi connectivity index (χ4v) is 1.60. The largest absolute Gasteiger partial charge is 0.460 e. The highest BCUT2D eigenvalue weighted by Crippen LogP contribution is 2.24. The van der Waals surface area contributed by atoms with E-state index in [1.165, 1.54) is 12.1 Å². The van der Waals surface area contributed by atoms with Gasteiger partial charge in [0.05, 0.1) is 27.6 Å². The van der Waals surface area contributed by atoms with Crippen LogP contribution in [-0.4, -0.2) is 29.7 Å². The van der Waals surface area contributed by atoms with Gasteiger partial charge in [0.1, 0.15) is 6.61 Å². The summed E-state index contributed by atoms with van der Waals surface area (Å²) in [5, 5.41) is 8.45. The van der Waals surface area contributed by atoms with Crippen LogP contribution in [0.2, 0.25) is 10.0 Å². The van der Waals surface area contributed by atoms with Crippen LogP contribution in [0.5, 0.6) is 0 Å². The molecule has 0 aromatic heterocycles. The van der Waals surface area contributed by atoms with E-state index >= 15 is 0 Å². The van der Waals surface area contributed by atoms with Gasteiger partial charge in [0, 0.05) is 0 Å². The molecular weight excluding hydrogens is 274 g/mol. The highest BCUT2D eigenvalue weighted by Gasteiger charge is 2.17. The van der Waals surface area contributed by atoms with E-state index in [9.17, 15) is 4.79 Å². The lowest BCUT2D eigenvalue weighted by Crippen LogP contribution is -2.17. The number of esters is 1. The number of hydrogen-bond acceptors (Lipinski definition) is 3. The molecule has 0 aliphatic carbocycles. The van der Waals surface area contributed by atoms with Crippen LogP contribution in [0, 0.1) is 0 Å². The van der Waals surface area contributed by atoms with Gasteiger partial charge in [-0.05, 0) is 12.1 Å².